The highest BCUT2D eigenvalue weighted by Crippen LogP contribution is 2.11. The van der Waals surface area contributed by atoms with Gasteiger partial charge in [0, 0.05) is 23.1 Å². The fourth-order valence-electron chi connectivity index (χ4n) is 1.83. The van der Waals surface area contributed by atoms with E-state index in [1.807, 2.05) is 18.3 Å². The van der Waals surface area contributed by atoms with Crippen molar-refractivity contribution < 1.29 is 0 Å². The van der Waals surface area contributed by atoms with Crippen LogP contribution < -0.4 is 5.32 Å². The van der Waals surface area contributed by atoms with E-state index in [1.165, 1.54) is 12.8 Å². The lowest BCUT2D eigenvalue weighted by Crippen LogP contribution is -2.23. The van der Waals surface area contributed by atoms with Crippen LogP contribution in [0.3, 0.4) is 0 Å². The molecule has 1 rings (SSSR count). The van der Waals surface area contributed by atoms with Crippen LogP contribution in [-0.4, -0.2) is 17.4 Å². The Morgan fingerprint density at radius 3 is 2.82 bits per heavy atom. The van der Waals surface area contributed by atoms with Crippen LogP contribution in [0, 0.1) is 5.92 Å². The summed E-state index contributed by atoms with van der Waals surface area (Å²) < 4.78 is 1.02. The summed E-state index contributed by atoms with van der Waals surface area (Å²) in [5.41, 5.74) is 1.08. The number of halogens is 2. The van der Waals surface area contributed by atoms with Crippen LogP contribution in [0.2, 0.25) is 0 Å². The van der Waals surface area contributed by atoms with Gasteiger partial charge in [0.2, 0.25) is 0 Å². The van der Waals surface area contributed by atoms with Gasteiger partial charge in [0.05, 0.1) is 5.69 Å². The van der Waals surface area contributed by atoms with Gasteiger partial charge in [-0.3, -0.25) is 4.98 Å². The van der Waals surface area contributed by atoms with E-state index in [0.717, 1.165) is 35.6 Å². The summed E-state index contributed by atoms with van der Waals surface area (Å²) in [5.74, 6) is 1.44. The molecular weight excluding hydrogens is 300 g/mol. The van der Waals surface area contributed by atoms with Gasteiger partial charge in [-0.2, -0.15) is 0 Å². The van der Waals surface area contributed by atoms with Gasteiger partial charge in [0.25, 0.3) is 0 Å². The minimum atomic E-state index is 0.688. The van der Waals surface area contributed by atoms with Crippen LogP contribution in [0.15, 0.2) is 22.8 Å². The van der Waals surface area contributed by atoms with E-state index in [0.29, 0.717) is 5.92 Å². The molecule has 4 heteroatoms. The maximum atomic E-state index is 5.80. The largest absolute Gasteiger partial charge is 0.311 e. The number of aromatic nitrogens is 1. The van der Waals surface area contributed by atoms with Crippen LogP contribution in [0.4, 0.5) is 0 Å². The first-order valence-corrected chi connectivity index (χ1v) is 7.46. The highest BCUT2D eigenvalue weighted by atomic mass is 79.9. The van der Waals surface area contributed by atoms with E-state index in [4.69, 9.17) is 11.6 Å². The van der Waals surface area contributed by atoms with Crippen LogP contribution in [-0.2, 0) is 6.54 Å². The van der Waals surface area contributed by atoms with Crippen molar-refractivity contribution in [2.75, 3.05) is 12.4 Å². The van der Waals surface area contributed by atoms with Gasteiger partial charge in [0.1, 0.15) is 0 Å². The zero-order valence-corrected chi connectivity index (χ0v) is 12.6. The molecule has 0 amide bonds. The molecule has 1 heterocycles. The smallest absolute Gasteiger partial charge is 0.0542 e. The van der Waals surface area contributed by atoms with Gasteiger partial charge in [-0.25, -0.2) is 0 Å². The number of rotatable bonds is 8. The molecule has 96 valence electrons. The predicted octanol–water partition coefficient (Wildman–Crippen LogP) is 3.98. The molecule has 0 aromatic carbocycles. The molecule has 0 spiro atoms. The number of pyridine rings is 1. The van der Waals surface area contributed by atoms with Crippen molar-refractivity contribution in [1.82, 2.24) is 10.3 Å². The predicted molar refractivity (Wildman–Crippen MR) is 77.4 cm³/mol. The highest BCUT2D eigenvalue weighted by Gasteiger charge is 2.06. The van der Waals surface area contributed by atoms with Crippen molar-refractivity contribution in [2.24, 2.45) is 5.92 Å². The van der Waals surface area contributed by atoms with Gasteiger partial charge in [-0.05, 0) is 53.4 Å². The molecule has 2 nitrogen and oxygen atoms in total. The quantitative estimate of drug-likeness (QED) is 0.733. The maximum absolute atomic E-state index is 5.80. The van der Waals surface area contributed by atoms with Crippen molar-refractivity contribution >= 4 is 27.5 Å². The first kappa shape index (κ1) is 14.9. The second kappa shape index (κ2) is 8.90. The summed E-state index contributed by atoms with van der Waals surface area (Å²) in [7, 11) is 0. The van der Waals surface area contributed by atoms with Crippen molar-refractivity contribution in [1.29, 1.82) is 0 Å². The molecule has 0 aliphatic heterocycles. The molecule has 0 saturated heterocycles. The second-order valence-corrected chi connectivity index (χ2v) is 5.52. The average molecular weight is 320 g/mol. The third kappa shape index (κ3) is 6.39. The lowest BCUT2D eigenvalue weighted by Gasteiger charge is -2.15. The Balaban J connectivity index is 2.27. The monoisotopic (exact) mass is 318 g/mol. The molecule has 1 aromatic heterocycles. The van der Waals surface area contributed by atoms with Crippen molar-refractivity contribution in [2.45, 2.75) is 32.7 Å². The summed E-state index contributed by atoms with van der Waals surface area (Å²) in [6, 6.07) is 4.06. The minimum absolute atomic E-state index is 0.688. The molecule has 0 fully saturated rings. The van der Waals surface area contributed by atoms with Crippen LogP contribution >= 0.6 is 27.5 Å². The number of hydrogen-bond donors (Lipinski definition) is 1. The van der Waals surface area contributed by atoms with E-state index >= 15 is 0 Å². The highest BCUT2D eigenvalue weighted by molar-refractivity contribution is 9.10. The normalized spacial score (nSPS) is 12.6. The van der Waals surface area contributed by atoms with E-state index < -0.39 is 0 Å². The fraction of sp³-hybridized carbons (Fsp3) is 0.615. The van der Waals surface area contributed by atoms with E-state index in [2.05, 4.69) is 33.2 Å². The molecule has 1 N–H and O–H groups in total. The Morgan fingerprint density at radius 2 is 2.24 bits per heavy atom. The van der Waals surface area contributed by atoms with Crippen molar-refractivity contribution in [3.05, 3.63) is 28.5 Å². The molecule has 0 radical (unpaired) electrons. The van der Waals surface area contributed by atoms with Gasteiger partial charge < -0.3 is 5.32 Å². The van der Waals surface area contributed by atoms with E-state index in [9.17, 15) is 0 Å². The number of alkyl halides is 1. The van der Waals surface area contributed by atoms with E-state index in [-0.39, 0.29) is 0 Å². The molecule has 17 heavy (non-hydrogen) atoms. The Kier molecular flexibility index (Phi) is 7.82. The summed E-state index contributed by atoms with van der Waals surface area (Å²) in [6.45, 7) is 4.07. The SMILES string of the molecule is CCCC(CCCl)CNCc1ccc(Br)cn1. The summed E-state index contributed by atoms with van der Waals surface area (Å²) in [4.78, 5) is 4.33. The van der Waals surface area contributed by atoms with Gasteiger partial charge in [-0.1, -0.05) is 13.3 Å². The zero-order valence-electron chi connectivity index (χ0n) is 10.3. The molecule has 0 aliphatic rings. The molecule has 0 aliphatic carbocycles. The molecular formula is C13H20BrClN2. The fourth-order valence-corrected chi connectivity index (χ4v) is 2.37. The van der Waals surface area contributed by atoms with Crippen LogP contribution in [0.25, 0.3) is 0 Å². The topological polar surface area (TPSA) is 24.9 Å². The third-order valence-electron chi connectivity index (χ3n) is 2.74. The first-order chi connectivity index (χ1) is 8.26. The van der Waals surface area contributed by atoms with E-state index in [1.54, 1.807) is 0 Å². The number of nitrogens with zero attached hydrogens (tertiary/aromatic N) is 1. The van der Waals surface area contributed by atoms with Crippen LogP contribution in [0.5, 0.6) is 0 Å². The Hall–Kier alpha value is -0.120. The second-order valence-electron chi connectivity index (χ2n) is 4.23. The molecule has 1 aromatic rings. The number of nitrogens with one attached hydrogen (secondary N) is 1. The Labute approximate surface area is 117 Å². The lowest BCUT2D eigenvalue weighted by molar-refractivity contribution is 0.429. The minimum Gasteiger partial charge on any atom is -0.311 e. The lowest BCUT2D eigenvalue weighted by atomic mass is 10.0. The maximum Gasteiger partial charge on any atom is 0.0542 e. The zero-order chi connectivity index (χ0) is 12.5. The molecule has 0 bridgehead atoms. The van der Waals surface area contributed by atoms with Gasteiger partial charge in [-0.15, -0.1) is 11.6 Å². The Morgan fingerprint density at radius 1 is 1.41 bits per heavy atom. The summed E-state index contributed by atoms with van der Waals surface area (Å²) in [6.07, 6.45) is 5.39. The molecule has 1 unspecified atom stereocenters. The Bertz CT molecular complexity index is 297. The summed E-state index contributed by atoms with van der Waals surface area (Å²) >= 11 is 9.18. The first-order valence-electron chi connectivity index (χ1n) is 6.13. The summed E-state index contributed by atoms with van der Waals surface area (Å²) in [5, 5.41) is 3.45. The van der Waals surface area contributed by atoms with Gasteiger partial charge >= 0.3 is 0 Å². The third-order valence-corrected chi connectivity index (χ3v) is 3.43. The molecule has 0 saturated carbocycles. The van der Waals surface area contributed by atoms with Crippen LogP contribution in [0.1, 0.15) is 31.9 Å². The van der Waals surface area contributed by atoms with Gasteiger partial charge in [0.15, 0.2) is 0 Å². The van der Waals surface area contributed by atoms with Crippen molar-refractivity contribution in [3.63, 3.8) is 0 Å². The number of hydrogen-bond acceptors (Lipinski definition) is 2. The molecule has 1 atom stereocenters. The average Bonchev–Trinajstić information content (AvgIpc) is 2.32. The standard InChI is InChI=1S/C13H20BrClN2/c1-2-3-11(6-7-15)8-16-10-13-5-4-12(14)9-17-13/h4-5,9,11,16H,2-3,6-8,10H2,1H3. The van der Waals surface area contributed by atoms with Crippen molar-refractivity contribution in [3.8, 4) is 0 Å².